The summed E-state index contributed by atoms with van der Waals surface area (Å²) in [6.45, 7) is 1.67. The highest BCUT2D eigenvalue weighted by Crippen LogP contribution is 2.21. The minimum atomic E-state index is -0.523. The standard InChI is InChI=1S/C12H12BrN5O3/c13-10-2-1-8(4-15-10)3-14-9-5-17-6-11(18(19)20)16-12(17)21-7-9/h1-2,4,6,9,14H,3,5,7H2. The maximum atomic E-state index is 10.7. The van der Waals surface area contributed by atoms with Gasteiger partial charge in [0.1, 0.15) is 17.4 Å². The van der Waals surface area contributed by atoms with Gasteiger partial charge in [0.15, 0.2) is 0 Å². The lowest BCUT2D eigenvalue weighted by Crippen LogP contribution is -2.41. The molecule has 8 nitrogen and oxygen atoms in total. The van der Waals surface area contributed by atoms with Crippen molar-refractivity contribution in [3.05, 3.63) is 44.8 Å². The fourth-order valence-electron chi connectivity index (χ4n) is 2.08. The first-order valence-electron chi connectivity index (χ1n) is 6.30. The Morgan fingerprint density at radius 3 is 3.14 bits per heavy atom. The van der Waals surface area contributed by atoms with E-state index in [0.717, 1.165) is 10.2 Å². The number of rotatable bonds is 4. The zero-order valence-corrected chi connectivity index (χ0v) is 12.5. The van der Waals surface area contributed by atoms with Crippen LogP contribution in [-0.4, -0.2) is 32.1 Å². The number of fused-ring (bicyclic) bond motifs is 1. The summed E-state index contributed by atoms with van der Waals surface area (Å²) in [5.41, 5.74) is 1.06. The molecule has 0 fully saturated rings. The predicted octanol–water partition coefficient (Wildman–Crippen LogP) is 1.50. The molecule has 0 bridgehead atoms. The Bertz CT molecular complexity index is 657. The quantitative estimate of drug-likeness (QED) is 0.508. The van der Waals surface area contributed by atoms with E-state index in [1.54, 1.807) is 10.8 Å². The number of nitro groups is 1. The molecule has 0 spiro atoms. The summed E-state index contributed by atoms with van der Waals surface area (Å²) in [5, 5.41) is 14.0. The van der Waals surface area contributed by atoms with Crippen molar-refractivity contribution < 1.29 is 9.66 Å². The second-order valence-corrected chi connectivity index (χ2v) is 5.48. The van der Waals surface area contributed by atoms with Gasteiger partial charge in [0.2, 0.25) is 0 Å². The van der Waals surface area contributed by atoms with Gasteiger partial charge >= 0.3 is 11.8 Å². The summed E-state index contributed by atoms with van der Waals surface area (Å²) >= 11 is 3.29. The van der Waals surface area contributed by atoms with Crippen molar-refractivity contribution in [1.82, 2.24) is 19.9 Å². The Hall–Kier alpha value is -2.00. The first kappa shape index (κ1) is 14.0. The molecule has 9 heteroatoms. The zero-order valence-electron chi connectivity index (χ0n) is 10.9. The zero-order chi connectivity index (χ0) is 14.8. The highest BCUT2D eigenvalue weighted by Gasteiger charge is 2.27. The summed E-state index contributed by atoms with van der Waals surface area (Å²) in [4.78, 5) is 18.1. The van der Waals surface area contributed by atoms with Gasteiger partial charge < -0.3 is 20.2 Å². The van der Waals surface area contributed by atoms with E-state index in [1.807, 2.05) is 12.1 Å². The number of nitrogens with one attached hydrogen (secondary N) is 1. The Kier molecular flexibility index (Phi) is 3.84. The van der Waals surface area contributed by atoms with Gasteiger partial charge in [-0.2, -0.15) is 0 Å². The van der Waals surface area contributed by atoms with Crippen LogP contribution in [0.25, 0.3) is 0 Å². The van der Waals surface area contributed by atoms with Gasteiger partial charge in [0.25, 0.3) is 0 Å². The van der Waals surface area contributed by atoms with Gasteiger partial charge in [0, 0.05) is 24.3 Å². The molecular formula is C12H12BrN5O3. The second kappa shape index (κ2) is 5.78. The lowest BCUT2D eigenvalue weighted by Gasteiger charge is -2.23. The first-order chi connectivity index (χ1) is 10.1. The summed E-state index contributed by atoms with van der Waals surface area (Å²) in [6.07, 6.45) is 3.18. The lowest BCUT2D eigenvalue weighted by atomic mass is 10.2. The SMILES string of the molecule is O=[N+]([O-])c1cn2c(n1)OCC(NCc1ccc(Br)nc1)C2. The topological polar surface area (TPSA) is 95.1 Å². The second-order valence-electron chi connectivity index (χ2n) is 4.67. The summed E-state index contributed by atoms with van der Waals surface area (Å²) in [7, 11) is 0. The molecule has 0 saturated carbocycles. The monoisotopic (exact) mass is 353 g/mol. The molecule has 2 aromatic heterocycles. The summed E-state index contributed by atoms with van der Waals surface area (Å²) < 4.78 is 7.88. The maximum Gasteiger partial charge on any atom is 0.414 e. The molecule has 3 heterocycles. The molecule has 1 N–H and O–H groups in total. The van der Waals surface area contributed by atoms with Crippen molar-refractivity contribution in [2.75, 3.05) is 6.61 Å². The molecule has 3 rings (SSSR count). The number of nitrogens with zero attached hydrogens (tertiary/aromatic N) is 4. The molecule has 0 aliphatic carbocycles. The van der Waals surface area contributed by atoms with Crippen LogP contribution in [-0.2, 0) is 13.1 Å². The maximum absolute atomic E-state index is 10.7. The fourth-order valence-corrected chi connectivity index (χ4v) is 2.32. The molecule has 2 aromatic rings. The van der Waals surface area contributed by atoms with E-state index in [9.17, 15) is 10.1 Å². The van der Waals surface area contributed by atoms with Gasteiger partial charge in [-0.25, -0.2) is 4.98 Å². The van der Waals surface area contributed by atoms with Crippen LogP contribution in [0.1, 0.15) is 5.56 Å². The van der Waals surface area contributed by atoms with E-state index in [2.05, 4.69) is 31.2 Å². The van der Waals surface area contributed by atoms with E-state index < -0.39 is 4.92 Å². The highest BCUT2D eigenvalue weighted by atomic mass is 79.9. The van der Waals surface area contributed by atoms with Crippen molar-refractivity contribution >= 4 is 21.7 Å². The minimum absolute atomic E-state index is 0.0648. The van der Waals surface area contributed by atoms with Gasteiger partial charge in [0.05, 0.1) is 6.04 Å². The number of imidazole rings is 1. The molecule has 1 aliphatic rings. The lowest BCUT2D eigenvalue weighted by molar-refractivity contribution is -0.389. The van der Waals surface area contributed by atoms with Gasteiger partial charge in [-0.15, -0.1) is 0 Å². The van der Waals surface area contributed by atoms with Crippen LogP contribution < -0.4 is 10.1 Å². The smallest absolute Gasteiger partial charge is 0.414 e. The summed E-state index contributed by atoms with van der Waals surface area (Å²) in [6, 6.07) is 4.22. The molecule has 1 atom stereocenters. The van der Waals surface area contributed by atoms with E-state index in [0.29, 0.717) is 25.7 Å². The molecule has 0 aromatic carbocycles. The number of pyridine rings is 1. The Morgan fingerprint density at radius 2 is 2.43 bits per heavy atom. The van der Waals surface area contributed by atoms with Crippen molar-refractivity contribution in [3.63, 3.8) is 0 Å². The van der Waals surface area contributed by atoms with Crippen LogP contribution in [0.3, 0.4) is 0 Å². The highest BCUT2D eigenvalue weighted by molar-refractivity contribution is 9.10. The predicted molar refractivity (Wildman–Crippen MR) is 76.9 cm³/mol. The minimum Gasteiger partial charge on any atom is -0.444 e. The Balaban J connectivity index is 1.61. The van der Waals surface area contributed by atoms with Crippen LogP contribution >= 0.6 is 15.9 Å². The van der Waals surface area contributed by atoms with Crippen molar-refractivity contribution in [1.29, 1.82) is 0 Å². The average molecular weight is 354 g/mol. The third-order valence-electron chi connectivity index (χ3n) is 3.13. The third-order valence-corrected chi connectivity index (χ3v) is 3.60. The third kappa shape index (κ3) is 3.19. The largest absolute Gasteiger partial charge is 0.444 e. The molecule has 1 unspecified atom stereocenters. The van der Waals surface area contributed by atoms with E-state index in [4.69, 9.17) is 4.74 Å². The van der Waals surface area contributed by atoms with Crippen LogP contribution in [0.2, 0.25) is 0 Å². The van der Waals surface area contributed by atoms with E-state index in [1.165, 1.54) is 6.20 Å². The fraction of sp³-hybridized carbons (Fsp3) is 0.333. The molecule has 1 aliphatic heterocycles. The van der Waals surface area contributed by atoms with Gasteiger partial charge in [-0.05, 0) is 32.5 Å². The summed E-state index contributed by atoms with van der Waals surface area (Å²) in [5.74, 6) is -0.192. The van der Waals surface area contributed by atoms with E-state index >= 15 is 0 Å². The van der Waals surface area contributed by atoms with Gasteiger partial charge in [-0.3, -0.25) is 4.57 Å². The number of hydrogen-bond donors (Lipinski definition) is 1. The number of aromatic nitrogens is 3. The first-order valence-corrected chi connectivity index (χ1v) is 7.09. The number of hydrogen-bond acceptors (Lipinski definition) is 6. The van der Waals surface area contributed by atoms with Crippen molar-refractivity contribution in [2.24, 2.45) is 0 Å². The van der Waals surface area contributed by atoms with E-state index in [-0.39, 0.29) is 11.9 Å². The van der Waals surface area contributed by atoms with Crippen molar-refractivity contribution in [3.8, 4) is 6.01 Å². The number of halogens is 1. The molecule has 0 radical (unpaired) electrons. The number of ether oxygens (including phenoxy) is 1. The average Bonchev–Trinajstić information content (AvgIpc) is 2.90. The molecule has 21 heavy (non-hydrogen) atoms. The van der Waals surface area contributed by atoms with Crippen LogP contribution in [0.4, 0.5) is 5.82 Å². The normalized spacial score (nSPS) is 17.1. The van der Waals surface area contributed by atoms with Crippen LogP contribution in [0, 0.1) is 10.1 Å². The molecular weight excluding hydrogens is 342 g/mol. The Labute approximate surface area is 128 Å². The molecule has 0 saturated heterocycles. The van der Waals surface area contributed by atoms with Crippen LogP contribution in [0.15, 0.2) is 29.1 Å². The Morgan fingerprint density at radius 1 is 1.57 bits per heavy atom. The van der Waals surface area contributed by atoms with Crippen molar-refractivity contribution in [2.45, 2.75) is 19.1 Å². The molecule has 0 amide bonds. The van der Waals surface area contributed by atoms with Gasteiger partial charge in [-0.1, -0.05) is 6.07 Å². The van der Waals surface area contributed by atoms with Crippen LogP contribution in [0.5, 0.6) is 6.01 Å². The molecule has 110 valence electrons.